The largest absolute Gasteiger partial charge is 0.459 e. The van der Waals surface area contributed by atoms with Gasteiger partial charge in [0, 0.05) is 11.4 Å². The molecule has 110 valence electrons. The Labute approximate surface area is 122 Å². The minimum Gasteiger partial charge on any atom is -0.459 e. The topological polar surface area (TPSA) is 97.4 Å². The average molecular weight is 287 g/mol. The minimum atomic E-state index is -0.347. The quantitative estimate of drug-likeness (QED) is 0.783. The molecular weight excluding hydrogens is 270 g/mol. The molecule has 0 saturated heterocycles. The molecule has 6 heteroatoms. The molecule has 2 amide bonds. The second-order valence-corrected chi connectivity index (χ2v) is 4.41. The number of nitrogens with one attached hydrogen (secondary N) is 2. The van der Waals surface area contributed by atoms with Crippen molar-refractivity contribution >= 4 is 23.2 Å². The lowest BCUT2D eigenvalue weighted by molar-refractivity contribution is -0.114. The normalized spacial score (nSPS) is 10.2. The van der Waals surface area contributed by atoms with E-state index >= 15 is 0 Å². The molecule has 0 bridgehead atoms. The van der Waals surface area contributed by atoms with Gasteiger partial charge in [0.25, 0.3) is 5.91 Å². The predicted molar refractivity (Wildman–Crippen MR) is 80.2 cm³/mol. The fraction of sp³-hybridized carbons (Fsp3) is 0.200. The number of nitrogens with two attached hydrogens (primary N) is 1. The van der Waals surface area contributed by atoms with Gasteiger partial charge in [-0.3, -0.25) is 9.59 Å². The fourth-order valence-electron chi connectivity index (χ4n) is 1.88. The van der Waals surface area contributed by atoms with E-state index in [1.807, 2.05) is 13.0 Å². The molecule has 0 fully saturated rings. The van der Waals surface area contributed by atoms with Crippen LogP contribution in [-0.4, -0.2) is 18.4 Å². The van der Waals surface area contributed by atoms with Gasteiger partial charge in [-0.2, -0.15) is 0 Å². The van der Waals surface area contributed by atoms with Crippen molar-refractivity contribution in [2.75, 3.05) is 17.2 Å². The number of anilines is 2. The van der Waals surface area contributed by atoms with Crippen LogP contribution in [0.1, 0.15) is 23.0 Å². The van der Waals surface area contributed by atoms with Gasteiger partial charge >= 0.3 is 0 Å². The Kier molecular flexibility index (Phi) is 4.73. The van der Waals surface area contributed by atoms with Gasteiger partial charge < -0.3 is 20.8 Å². The van der Waals surface area contributed by atoms with E-state index in [0.29, 0.717) is 11.4 Å². The van der Waals surface area contributed by atoms with E-state index in [-0.39, 0.29) is 24.1 Å². The Bertz CT molecular complexity index is 636. The van der Waals surface area contributed by atoms with E-state index in [1.54, 1.807) is 24.3 Å². The molecule has 0 aliphatic carbocycles. The maximum atomic E-state index is 11.9. The van der Waals surface area contributed by atoms with Gasteiger partial charge in [0.1, 0.15) is 0 Å². The third kappa shape index (κ3) is 3.70. The third-order valence-corrected chi connectivity index (χ3v) is 2.95. The molecule has 6 nitrogen and oxygen atoms in total. The van der Waals surface area contributed by atoms with Crippen LogP contribution in [0.4, 0.5) is 11.4 Å². The molecule has 0 aliphatic rings. The van der Waals surface area contributed by atoms with Gasteiger partial charge in [-0.25, -0.2) is 0 Å². The SMILES string of the molecule is CCc1ccc(NC(=O)c2ccco2)cc1NC(=O)CN. The van der Waals surface area contributed by atoms with Crippen LogP contribution >= 0.6 is 0 Å². The highest BCUT2D eigenvalue weighted by Gasteiger charge is 2.11. The van der Waals surface area contributed by atoms with Gasteiger partial charge in [-0.15, -0.1) is 0 Å². The van der Waals surface area contributed by atoms with E-state index in [0.717, 1.165) is 12.0 Å². The van der Waals surface area contributed by atoms with E-state index in [2.05, 4.69) is 10.6 Å². The molecule has 0 saturated carbocycles. The highest BCUT2D eigenvalue weighted by molar-refractivity contribution is 6.03. The van der Waals surface area contributed by atoms with Crippen molar-refractivity contribution in [3.8, 4) is 0 Å². The number of rotatable bonds is 5. The molecular formula is C15H17N3O3. The number of furan rings is 1. The van der Waals surface area contributed by atoms with Crippen LogP contribution in [-0.2, 0) is 11.2 Å². The lowest BCUT2D eigenvalue weighted by Crippen LogP contribution is -2.22. The Balaban J connectivity index is 2.19. The maximum Gasteiger partial charge on any atom is 0.291 e. The van der Waals surface area contributed by atoms with E-state index < -0.39 is 0 Å². The summed E-state index contributed by atoms with van der Waals surface area (Å²) in [4.78, 5) is 23.3. The summed E-state index contributed by atoms with van der Waals surface area (Å²) >= 11 is 0. The summed E-state index contributed by atoms with van der Waals surface area (Å²) in [5.41, 5.74) is 7.48. The zero-order valence-corrected chi connectivity index (χ0v) is 11.7. The smallest absolute Gasteiger partial charge is 0.291 e. The standard InChI is InChI=1S/C15H17N3O3/c1-2-10-5-6-11(8-12(10)18-14(19)9-16)17-15(20)13-4-3-7-21-13/h3-8H,2,9,16H2,1H3,(H,17,20)(H,18,19). The van der Waals surface area contributed by atoms with E-state index in [4.69, 9.17) is 10.2 Å². The summed E-state index contributed by atoms with van der Waals surface area (Å²) < 4.78 is 5.03. The van der Waals surface area contributed by atoms with Gasteiger partial charge in [0.05, 0.1) is 12.8 Å². The fourth-order valence-corrected chi connectivity index (χ4v) is 1.88. The zero-order valence-electron chi connectivity index (χ0n) is 11.7. The average Bonchev–Trinajstić information content (AvgIpc) is 3.01. The van der Waals surface area contributed by atoms with Crippen molar-refractivity contribution in [2.24, 2.45) is 5.73 Å². The first-order chi connectivity index (χ1) is 10.1. The zero-order chi connectivity index (χ0) is 15.2. The molecule has 2 rings (SSSR count). The highest BCUT2D eigenvalue weighted by Crippen LogP contribution is 2.22. The number of aryl methyl sites for hydroxylation is 1. The van der Waals surface area contributed by atoms with Gasteiger partial charge in [-0.05, 0) is 36.2 Å². The van der Waals surface area contributed by atoms with Crippen molar-refractivity contribution in [2.45, 2.75) is 13.3 Å². The lowest BCUT2D eigenvalue weighted by atomic mass is 10.1. The van der Waals surface area contributed by atoms with Crippen LogP contribution in [0.2, 0.25) is 0 Å². The van der Waals surface area contributed by atoms with Crippen LogP contribution in [0.25, 0.3) is 0 Å². The van der Waals surface area contributed by atoms with Crippen molar-refractivity contribution < 1.29 is 14.0 Å². The molecule has 0 unspecified atom stereocenters. The second kappa shape index (κ2) is 6.71. The minimum absolute atomic E-state index is 0.0911. The molecule has 0 aliphatic heterocycles. The van der Waals surface area contributed by atoms with Crippen molar-refractivity contribution in [3.63, 3.8) is 0 Å². The number of hydrogen-bond donors (Lipinski definition) is 3. The molecule has 1 heterocycles. The monoisotopic (exact) mass is 287 g/mol. The van der Waals surface area contributed by atoms with Crippen LogP contribution < -0.4 is 16.4 Å². The summed E-state index contributed by atoms with van der Waals surface area (Å²) in [5.74, 6) is -0.401. The maximum absolute atomic E-state index is 11.9. The van der Waals surface area contributed by atoms with Crippen molar-refractivity contribution in [1.29, 1.82) is 0 Å². The van der Waals surface area contributed by atoms with Crippen LogP contribution in [0.5, 0.6) is 0 Å². The summed E-state index contributed by atoms with van der Waals surface area (Å²) in [5, 5.41) is 5.43. The molecule has 0 atom stereocenters. The Hall–Kier alpha value is -2.60. The van der Waals surface area contributed by atoms with Gasteiger partial charge in [0.2, 0.25) is 5.91 Å². The number of carbonyl (C=O) groups is 2. The Morgan fingerprint density at radius 2 is 2.05 bits per heavy atom. The molecule has 1 aromatic heterocycles. The first-order valence-corrected chi connectivity index (χ1v) is 6.61. The Morgan fingerprint density at radius 1 is 1.24 bits per heavy atom. The number of hydrogen-bond acceptors (Lipinski definition) is 4. The van der Waals surface area contributed by atoms with Crippen molar-refractivity contribution in [1.82, 2.24) is 0 Å². The van der Waals surface area contributed by atoms with Gasteiger partial charge in [-0.1, -0.05) is 13.0 Å². The molecule has 0 spiro atoms. The van der Waals surface area contributed by atoms with Crippen LogP contribution in [0.3, 0.4) is 0 Å². The van der Waals surface area contributed by atoms with Gasteiger partial charge in [0.15, 0.2) is 5.76 Å². The predicted octanol–water partition coefficient (Wildman–Crippen LogP) is 1.99. The molecule has 21 heavy (non-hydrogen) atoms. The van der Waals surface area contributed by atoms with Crippen LogP contribution in [0, 0.1) is 0 Å². The highest BCUT2D eigenvalue weighted by atomic mass is 16.3. The van der Waals surface area contributed by atoms with Crippen molar-refractivity contribution in [3.05, 3.63) is 47.9 Å². The van der Waals surface area contributed by atoms with Crippen LogP contribution in [0.15, 0.2) is 41.0 Å². The second-order valence-electron chi connectivity index (χ2n) is 4.41. The molecule has 2 aromatic rings. The third-order valence-electron chi connectivity index (χ3n) is 2.95. The van der Waals surface area contributed by atoms with E-state index in [1.165, 1.54) is 6.26 Å². The molecule has 1 aromatic carbocycles. The lowest BCUT2D eigenvalue weighted by Gasteiger charge is -2.12. The summed E-state index contributed by atoms with van der Waals surface area (Å²) in [7, 11) is 0. The summed E-state index contributed by atoms with van der Waals surface area (Å²) in [6, 6.07) is 8.55. The Morgan fingerprint density at radius 3 is 2.67 bits per heavy atom. The van der Waals surface area contributed by atoms with E-state index in [9.17, 15) is 9.59 Å². The summed E-state index contributed by atoms with van der Waals surface area (Å²) in [6.45, 7) is 1.89. The first-order valence-electron chi connectivity index (χ1n) is 6.61. The number of carbonyl (C=O) groups excluding carboxylic acids is 2. The molecule has 0 radical (unpaired) electrons. The number of benzene rings is 1. The number of amides is 2. The molecule has 4 N–H and O–H groups in total. The summed E-state index contributed by atoms with van der Waals surface area (Å²) in [6.07, 6.45) is 2.19. The first kappa shape index (κ1) is 14.8.